The average molecular weight is 635 g/mol. The maximum Gasteiger partial charge on any atom is 0.394 e. The Morgan fingerprint density at radius 1 is 0.578 bits per heavy atom. The van der Waals surface area contributed by atoms with Crippen molar-refractivity contribution in [2.24, 2.45) is 10.8 Å². The van der Waals surface area contributed by atoms with Gasteiger partial charge in [-0.25, -0.2) is 0 Å². The Bertz CT molecular complexity index is 1350. The van der Waals surface area contributed by atoms with E-state index in [0.717, 1.165) is 0 Å². The van der Waals surface area contributed by atoms with Gasteiger partial charge in [-0.3, -0.25) is 9.11 Å². The van der Waals surface area contributed by atoms with Crippen LogP contribution in [0, 0.1) is 10.8 Å². The quantitative estimate of drug-likeness (QED) is 0.185. The highest BCUT2D eigenvalue weighted by atomic mass is 32.3. The highest BCUT2D eigenvalue weighted by Gasteiger charge is 2.27. The van der Waals surface area contributed by atoms with E-state index >= 15 is 0 Å². The lowest BCUT2D eigenvalue weighted by molar-refractivity contribution is 0.376. The second kappa shape index (κ2) is 18.9. The summed E-state index contributed by atoms with van der Waals surface area (Å²) in [5.74, 6) is 0. The van der Waals surface area contributed by atoms with Crippen molar-refractivity contribution in [3.05, 3.63) is 130 Å². The predicted molar refractivity (Wildman–Crippen MR) is 196 cm³/mol. The van der Waals surface area contributed by atoms with Crippen LogP contribution in [0.1, 0.15) is 108 Å². The minimum atomic E-state index is -4.67. The van der Waals surface area contributed by atoms with Crippen molar-refractivity contribution >= 4 is 10.4 Å². The average Bonchev–Trinajstić information content (AvgIpc) is 2.89. The summed E-state index contributed by atoms with van der Waals surface area (Å²) >= 11 is 0. The molecule has 0 bridgehead atoms. The Morgan fingerprint density at radius 2 is 0.867 bits per heavy atom. The zero-order valence-corrected chi connectivity index (χ0v) is 30.3. The first-order valence-corrected chi connectivity index (χ1v) is 17.4. The van der Waals surface area contributed by atoms with Crippen LogP contribution < -0.4 is 0 Å². The number of hydrogen-bond acceptors (Lipinski definition) is 2. The van der Waals surface area contributed by atoms with Crippen LogP contribution in [0.3, 0.4) is 0 Å². The second-order valence-corrected chi connectivity index (χ2v) is 14.6. The zero-order chi connectivity index (χ0) is 34.3. The lowest BCUT2D eigenvalue weighted by Gasteiger charge is -2.33. The molecule has 248 valence electrons. The molecule has 4 nitrogen and oxygen atoms in total. The molecule has 0 saturated heterocycles. The first kappa shape index (κ1) is 40.0. The van der Waals surface area contributed by atoms with Crippen LogP contribution in [-0.2, 0) is 10.4 Å². The van der Waals surface area contributed by atoms with E-state index in [-0.39, 0.29) is 0 Å². The van der Waals surface area contributed by atoms with Gasteiger partial charge in [0.1, 0.15) is 0 Å². The SMILES string of the molecule is CC1=C(/C=C/C(C)=C/C=C/C(C)=C/C=C/C=C(C)/C=C/C=C(C)/C=C/C2=C(C)CCCC2(C)C)C(C)(C)CCC1.O=S(=O)(O)O. The van der Waals surface area contributed by atoms with Crippen LogP contribution in [-0.4, -0.2) is 17.5 Å². The van der Waals surface area contributed by atoms with Gasteiger partial charge in [0, 0.05) is 0 Å². The Labute approximate surface area is 275 Å². The van der Waals surface area contributed by atoms with Crippen molar-refractivity contribution in [1.29, 1.82) is 0 Å². The summed E-state index contributed by atoms with van der Waals surface area (Å²) in [6.07, 6.45) is 38.4. The molecule has 0 spiro atoms. The fourth-order valence-corrected chi connectivity index (χ4v) is 5.79. The molecule has 5 heteroatoms. The third-order valence-electron chi connectivity index (χ3n) is 8.38. The highest BCUT2D eigenvalue weighted by molar-refractivity contribution is 7.79. The topological polar surface area (TPSA) is 74.6 Å². The molecule has 0 fully saturated rings. The molecule has 0 amide bonds. The van der Waals surface area contributed by atoms with Crippen LogP contribution >= 0.6 is 0 Å². The van der Waals surface area contributed by atoms with E-state index in [1.54, 1.807) is 11.1 Å². The summed E-state index contributed by atoms with van der Waals surface area (Å²) in [5.41, 5.74) is 11.7. The van der Waals surface area contributed by atoms with Crippen molar-refractivity contribution in [2.45, 2.75) is 108 Å². The number of hydrogen-bond donors (Lipinski definition) is 2. The molecular weight excluding hydrogens is 577 g/mol. The molecular formula is C40H58O4S. The monoisotopic (exact) mass is 634 g/mol. The molecule has 2 N–H and O–H groups in total. The lowest BCUT2D eigenvalue weighted by Crippen LogP contribution is -2.19. The van der Waals surface area contributed by atoms with Crippen LogP contribution in [0.2, 0.25) is 0 Å². The molecule has 0 unspecified atom stereocenters. The van der Waals surface area contributed by atoms with Crippen LogP contribution in [0.4, 0.5) is 0 Å². The summed E-state index contributed by atoms with van der Waals surface area (Å²) < 4.78 is 31.6. The van der Waals surface area contributed by atoms with Crippen molar-refractivity contribution in [3.8, 4) is 0 Å². The van der Waals surface area contributed by atoms with Gasteiger partial charge in [0.25, 0.3) is 0 Å². The fourth-order valence-electron chi connectivity index (χ4n) is 5.79. The Kier molecular flexibility index (Phi) is 16.8. The molecule has 0 heterocycles. The lowest BCUT2D eigenvalue weighted by atomic mass is 9.72. The van der Waals surface area contributed by atoms with Crippen LogP contribution in [0.5, 0.6) is 0 Å². The smallest absolute Gasteiger partial charge is 0.264 e. The van der Waals surface area contributed by atoms with Crippen LogP contribution in [0.15, 0.2) is 130 Å². The minimum Gasteiger partial charge on any atom is -0.264 e. The summed E-state index contributed by atoms with van der Waals surface area (Å²) in [5, 5.41) is 0. The molecule has 0 aliphatic heterocycles. The summed E-state index contributed by atoms with van der Waals surface area (Å²) in [7, 11) is -4.67. The summed E-state index contributed by atoms with van der Waals surface area (Å²) in [4.78, 5) is 0. The van der Waals surface area contributed by atoms with E-state index in [2.05, 4.69) is 154 Å². The maximum absolute atomic E-state index is 8.74. The third-order valence-corrected chi connectivity index (χ3v) is 8.38. The van der Waals surface area contributed by atoms with E-state index in [0.29, 0.717) is 10.8 Å². The number of allylic oxidation sites excluding steroid dienone is 22. The van der Waals surface area contributed by atoms with Gasteiger partial charge in [-0.05, 0) is 102 Å². The van der Waals surface area contributed by atoms with Gasteiger partial charge >= 0.3 is 10.4 Å². The zero-order valence-electron chi connectivity index (χ0n) is 29.4. The third kappa shape index (κ3) is 17.3. The molecule has 0 radical (unpaired) electrons. The predicted octanol–water partition coefficient (Wildman–Crippen LogP) is 12.0. The van der Waals surface area contributed by atoms with Crippen molar-refractivity contribution in [3.63, 3.8) is 0 Å². The standard InChI is InChI=1S/C40H56.H2O4S/c1-31(19-13-21-33(3)25-27-37-35(5)23-15-29-39(37,7)8)17-11-12-18-32(2)20-14-22-34(4)26-28-38-36(6)24-16-30-40(38,9)10;1-5(2,3)4/h11-14,17-22,25-28H,15-16,23-24,29-30H2,1-10H3;(H2,1,2,3,4)/b12-11+,19-13+,20-14+,27-25+,28-26+,31-17+,32-18+,33-21+,34-22+;. The van der Waals surface area contributed by atoms with E-state index in [4.69, 9.17) is 17.5 Å². The Morgan fingerprint density at radius 3 is 1.18 bits per heavy atom. The van der Waals surface area contributed by atoms with E-state index < -0.39 is 10.4 Å². The Hall–Kier alpha value is -2.99. The first-order valence-electron chi connectivity index (χ1n) is 16.0. The molecule has 0 saturated carbocycles. The molecule has 0 aromatic heterocycles. The summed E-state index contributed by atoms with van der Waals surface area (Å²) in [6, 6.07) is 0. The van der Waals surface area contributed by atoms with Crippen LogP contribution in [0.25, 0.3) is 0 Å². The van der Waals surface area contributed by atoms with Gasteiger partial charge in [0.2, 0.25) is 0 Å². The first-order chi connectivity index (χ1) is 20.8. The van der Waals surface area contributed by atoms with Crippen molar-refractivity contribution < 1.29 is 17.5 Å². The van der Waals surface area contributed by atoms with E-state index in [9.17, 15) is 0 Å². The van der Waals surface area contributed by atoms with Gasteiger partial charge in [-0.2, -0.15) is 8.42 Å². The summed E-state index contributed by atoms with van der Waals surface area (Å²) in [6.45, 7) is 22.7. The molecule has 0 aromatic carbocycles. The molecule has 2 rings (SSSR count). The van der Waals surface area contributed by atoms with Gasteiger partial charge in [-0.15, -0.1) is 0 Å². The van der Waals surface area contributed by atoms with Gasteiger partial charge < -0.3 is 0 Å². The van der Waals surface area contributed by atoms with E-state index in [1.165, 1.54) is 72.0 Å². The normalized spacial score (nSPS) is 20.8. The van der Waals surface area contributed by atoms with Crippen molar-refractivity contribution in [2.75, 3.05) is 0 Å². The van der Waals surface area contributed by atoms with E-state index in [1.807, 2.05) is 0 Å². The maximum atomic E-state index is 8.74. The van der Waals surface area contributed by atoms with Gasteiger partial charge in [0.15, 0.2) is 0 Å². The minimum absolute atomic E-state index is 0.291. The largest absolute Gasteiger partial charge is 0.394 e. The molecule has 2 aliphatic rings. The molecule has 0 atom stereocenters. The van der Waals surface area contributed by atoms with Gasteiger partial charge in [0.05, 0.1) is 0 Å². The molecule has 45 heavy (non-hydrogen) atoms. The molecule has 0 aromatic rings. The Balaban J connectivity index is 0.00000187. The van der Waals surface area contributed by atoms with Crippen molar-refractivity contribution in [1.82, 2.24) is 0 Å². The highest BCUT2D eigenvalue weighted by Crippen LogP contribution is 2.41. The van der Waals surface area contributed by atoms with Gasteiger partial charge in [-0.1, -0.05) is 146 Å². The molecule has 2 aliphatic carbocycles. The number of rotatable bonds is 10. The fraction of sp³-hybridized carbons (Fsp3) is 0.450. The second-order valence-electron chi connectivity index (χ2n) is 13.7.